The minimum atomic E-state index is -4.41. The molecule has 0 fully saturated rings. The van der Waals surface area contributed by atoms with E-state index in [0.717, 1.165) is 70.6 Å². The van der Waals surface area contributed by atoms with E-state index >= 15 is 0 Å². The Morgan fingerprint density at radius 1 is 0.614 bits per heavy atom. The topological polar surface area (TPSA) is 129 Å². The van der Waals surface area contributed by atoms with Crippen LogP contribution in [0.25, 0.3) is 0 Å². The number of aliphatic hydroxyl groups excluding tert-OH is 1. The number of aliphatic hydroxyl groups is 1. The van der Waals surface area contributed by atoms with E-state index in [2.05, 4.69) is 85.9 Å². The third-order valence-corrected chi connectivity index (χ3v) is 9.55. The molecule has 0 aromatic carbocycles. The van der Waals surface area contributed by atoms with Crippen molar-refractivity contribution in [3.63, 3.8) is 0 Å². The number of allylic oxidation sites excluding steroid dienone is 14. The molecule has 0 saturated heterocycles. The van der Waals surface area contributed by atoms with Crippen LogP contribution in [0.4, 0.5) is 0 Å². The predicted molar refractivity (Wildman–Crippen MR) is 235 cm³/mol. The standard InChI is InChI=1S/C46H78NO9P/c1-6-8-9-10-11-12-13-14-15-20-23-26-29-32-35-38-46(50)56-44(42-55-57(51,52)54-40-39-47(3,4)5)41-53-45(49)37-34-31-28-25-22-19-17-16-18-21-24-27-30-33-36-43(48)7-2/h11-12,14-15,17-19,21,23,25-28,30,43-44,48H,6-10,13,16,20,22,24,29,31-42H2,1-5H3/p+1/b12-11-,15-14-,19-17-,21-18-,26-23-,28-25-,30-27-/t43-,44+/m0/s1. The van der Waals surface area contributed by atoms with E-state index in [1.54, 1.807) is 0 Å². The number of carbonyl (C=O) groups excluding carboxylic acids is 2. The number of esters is 2. The van der Waals surface area contributed by atoms with Gasteiger partial charge in [-0.2, -0.15) is 0 Å². The summed E-state index contributed by atoms with van der Waals surface area (Å²) in [6, 6.07) is 0. The van der Waals surface area contributed by atoms with Gasteiger partial charge in [-0.25, -0.2) is 4.57 Å². The molecule has 0 heterocycles. The van der Waals surface area contributed by atoms with E-state index in [4.69, 9.17) is 18.5 Å². The number of ether oxygens (including phenoxy) is 2. The molecule has 0 radical (unpaired) electrons. The summed E-state index contributed by atoms with van der Waals surface area (Å²) in [5.41, 5.74) is 0. The Balaban J connectivity index is 4.57. The maximum absolute atomic E-state index is 12.7. The Kier molecular flexibility index (Phi) is 35.6. The minimum Gasteiger partial charge on any atom is -0.462 e. The monoisotopic (exact) mass is 821 g/mol. The molecule has 0 bridgehead atoms. The summed E-state index contributed by atoms with van der Waals surface area (Å²) in [5.74, 6) is -0.938. The number of phosphoric acid groups is 1. The highest BCUT2D eigenvalue weighted by molar-refractivity contribution is 7.47. The maximum Gasteiger partial charge on any atom is 0.472 e. The summed E-state index contributed by atoms with van der Waals surface area (Å²) >= 11 is 0. The van der Waals surface area contributed by atoms with Crippen LogP contribution in [0.15, 0.2) is 85.1 Å². The molecule has 0 aliphatic heterocycles. The number of carbonyl (C=O) groups is 2. The Morgan fingerprint density at radius 3 is 1.60 bits per heavy atom. The number of phosphoric ester groups is 1. The summed E-state index contributed by atoms with van der Waals surface area (Å²) in [5, 5.41) is 9.56. The fourth-order valence-electron chi connectivity index (χ4n) is 4.99. The highest BCUT2D eigenvalue weighted by Gasteiger charge is 2.27. The summed E-state index contributed by atoms with van der Waals surface area (Å²) < 4.78 is 34.1. The normalized spacial score (nSPS) is 15.0. The van der Waals surface area contributed by atoms with Crippen molar-refractivity contribution in [2.45, 2.75) is 148 Å². The van der Waals surface area contributed by atoms with Crippen molar-refractivity contribution >= 4 is 19.8 Å². The van der Waals surface area contributed by atoms with Crippen LogP contribution in [0.5, 0.6) is 0 Å². The lowest BCUT2D eigenvalue weighted by Crippen LogP contribution is -2.37. The van der Waals surface area contributed by atoms with Crippen LogP contribution in [-0.2, 0) is 32.7 Å². The van der Waals surface area contributed by atoms with Gasteiger partial charge in [-0.1, -0.05) is 112 Å². The van der Waals surface area contributed by atoms with Crippen molar-refractivity contribution in [1.29, 1.82) is 0 Å². The average Bonchev–Trinajstić information content (AvgIpc) is 3.16. The summed E-state index contributed by atoms with van der Waals surface area (Å²) in [6.45, 7) is 3.96. The lowest BCUT2D eigenvalue weighted by atomic mass is 10.1. The Morgan fingerprint density at radius 2 is 1.09 bits per heavy atom. The quantitative estimate of drug-likeness (QED) is 0.0207. The number of hydrogen-bond donors (Lipinski definition) is 2. The van der Waals surface area contributed by atoms with Crippen molar-refractivity contribution in [1.82, 2.24) is 0 Å². The van der Waals surface area contributed by atoms with Crippen molar-refractivity contribution in [3.8, 4) is 0 Å². The Hall–Kier alpha value is -2.85. The molecule has 10 nitrogen and oxygen atoms in total. The SMILES string of the molecule is CCCCC/C=C\C/C=C\C/C=C\CCCCC(=O)O[C@H](COC(=O)CCC/C=C\C/C=C\C/C=C\C/C=C\CC[C@@H](O)CC)COP(=O)(O)OCC[N+](C)(C)C. The van der Waals surface area contributed by atoms with E-state index < -0.39 is 32.5 Å². The van der Waals surface area contributed by atoms with Crippen LogP contribution in [0.3, 0.4) is 0 Å². The molecule has 3 atom stereocenters. The van der Waals surface area contributed by atoms with Gasteiger partial charge < -0.3 is 24.0 Å². The van der Waals surface area contributed by atoms with Gasteiger partial charge in [0.25, 0.3) is 0 Å². The van der Waals surface area contributed by atoms with Gasteiger partial charge in [-0.15, -0.1) is 0 Å². The molecule has 57 heavy (non-hydrogen) atoms. The zero-order chi connectivity index (χ0) is 42.3. The van der Waals surface area contributed by atoms with Crippen LogP contribution < -0.4 is 0 Å². The van der Waals surface area contributed by atoms with Gasteiger partial charge in [0.15, 0.2) is 6.10 Å². The fraction of sp³-hybridized carbons (Fsp3) is 0.652. The molecule has 2 N–H and O–H groups in total. The van der Waals surface area contributed by atoms with Crippen molar-refractivity contribution in [2.75, 3.05) is 47.5 Å². The summed E-state index contributed by atoms with van der Waals surface area (Å²) in [6.07, 6.45) is 44.4. The first-order valence-electron chi connectivity index (χ1n) is 21.4. The molecule has 0 aromatic heterocycles. The molecule has 0 aromatic rings. The van der Waals surface area contributed by atoms with Gasteiger partial charge >= 0.3 is 19.8 Å². The van der Waals surface area contributed by atoms with Gasteiger partial charge in [0.05, 0.1) is 33.9 Å². The largest absolute Gasteiger partial charge is 0.472 e. The number of likely N-dealkylation sites (N-methyl/N-ethyl adjacent to an activating group) is 1. The smallest absolute Gasteiger partial charge is 0.462 e. The first kappa shape index (κ1) is 54.2. The third kappa shape index (κ3) is 41.1. The Labute approximate surface area is 346 Å². The van der Waals surface area contributed by atoms with Gasteiger partial charge in [-0.3, -0.25) is 18.6 Å². The van der Waals surface area contributed by atoms with Gasteiger partial charge in [0.2, 0.25) is 0 Å². The van der Waals surface area contributed by atoms with Crippen LogP contribution in [0.1, 0.15) is 136 Å². The lowest BCUT2D eigenvalue weighted by molar-refractivity contribution is -0.870. The minimum absolute atomic E-state index is 0.00541. The average molecular weight is 821 g/mol. The number of rotatable bonds is 37. The number of unbranched alkanes of at least 4 members (excludes halogenated alkanes) is 6. The summed E-state index contributed by atoms with van der Waals surface area (Å²) in [4.78, 5) is 35.3. The first-order chi connectivity index (χ1) is 27.4. The molecule has 326 valence electrons. The molecule has 0 rings (SSSR count). The highest BCUT2D eigenvalue weighted by atomic mass is 31.2. The van der Waals surface area contributed by atoms with Gasteiger partial charge in [0.1, 0.15) is 19.8 Å². The molecular weight excluding hydrogens is 741 g/mol. The van der Waals surface area contributed by atoms with Crippen molar-refractivity contribution < 1.29 is 47.2 Å². The Bertz CT molecular complexity index is 1260. The third-order valence-electron chi connectivity index (χ3n) is 8.56. The van der Waals surface area contributed by atoms with Gasteiger partial charge in [0, 0.05) is 12.8 Å². The van der Waals surface area contributed by atoms with Crippen molar-refractivity contribution in [2.24, 2.45) is 0 Å². The van der Waals surface area contributed by atoms with Crippen molar-refractivity contribution in [3.05, 3.63) is 85.1 Å². The van der Waals surface area contributed by atoms with E-state index in [9.17, 15) is 24.2 Å². The van der Waals surface area contributed by atoms with Crippen LogP contribution in [0, 0.1) is 0 Å². The van der Waals surface area contributed by atoms with Gasteiger partial charge in [-0.05, 0) is 96.3 Å². The highest BCUT2D eigenvalue weighted by Crippen LogP contribution is 2.43. The second kappa shape index (κ2) is 37.4. The number of nitrogens with zero attached hydrogens (tertiary/aromatic N) is 1. The number of hydrogen-bond acceptors (Lipinski definition) is 8. The second-order valence-corrected chi connectivity index (χ2v) is 16.6. The molecule has 0 amide bonds. The van der Waals surface area contributed by atoms with Crippen LogP contribution in [-0.4, -0.2) is 86.1 Å². The molecule has 0 aliphatic rings. The van der Waals surface area contributed by atoms with E-state index in [1.807, 2.05) is 34.1 Å². The van der Waals surface area contributed by atoms with Crippen LogP contribution >= 0.6 is 7.82 Å². The molecule has 1 unspecified atom stereocenters. The second-order valence-electron chi connectivity index (χ2n) is 15.2. The summed E-state index contributed by atoms with van der Waals surface area (Å²) in [7, 11) is 1.39. The van der Waals surface area contributed by atoms with E-state index in [-0.39, 0.29) is 32.2 Å². The van der Waals surface area contributed by atoms with E-state index in [1.165, 1.54) is 19.3 Å². The zero-order valence-corrected chi connectivity index (χ0v) is 37.0. The van der Waals surface area contributed by atoms with Crippen LogP contribution in [0.2, 0.25) is 0 Å². The predicted octanol–water partition coefficient (Wildman–Crippen LogP) is 11.0. The maximum atomic E-state index is 12.7. The molecular formula is C46H79NO9P+. The molecule has 0 aliphatic carbocycles. The molecule has 0 saturated carbocycles. The molecule has 0 spiro atoms. The lowest BCUT2D eigenvalue weighted by Gasteiger charge is -2.24. The molecule has 11 heteroatoms. The zero-order valence-electron chi connectivity index (χ0n) is 36.1. The fourth-order valence-corrected chi connectivity index (χ4v) is 5.73. The number of quaternary nitrogens is 1. The van der Waals surface area contributed by atoms with E-state index in [0.29, 0.717) is 30.3 Å². The first-order valence-corrected chi connectivity index (χ1v) is 22.9.